The molecule has 0 N–H and O–H groups in total. The van der Waals surface area contributed by atoms with E-state index < -0.39 is 0 Å². The molecule has 70 valence electrons. The van der Waals surface area contributed by atoms with Gasteiger partial charge in [-0.25, -0.2) is 0 Å². The molecular formula is C12H22. The van der Waals surface area contributed by atoms with Gasteiger partial charge in [0.1, 0.15) is 0 Å². The van der Waals surface area contributed by atoms with Gasteiger partial charge in [0.25, 0.3) is 0 Å². The minimum Gasteiger partial charge on any atom is -0.0651 e. The molecule has 2 aliphatic carbocycles. The molecule has 0 saturated heterocycles. The van der Waals surface area contributed by atoms with E-state index >= 15 is 0 Å². The third kappa shape index (κ3) is 1.30. The van der Waals surface area contributed by atoms with Crippen molar-refractivity contribution >= 4 is 0 Å². The van der Waals surface area contributed by atoms with Gasteiger partial charge in [-0.05, 0) is 48.9 Å². The van der Waals surface area contributed by atoms with Crippen molar-refractivity contribution in [3.8, 4) is 0 Å². The van der Waals surface area contributed by atoms with Crippen molar-refractivity contribution in [2.24, 2.45) is 23.2 Å². The average molecular weight is 166 g/mol. The third-order valence-corrected chi connectivity index (χ3v) is 4.66. The van der Waals surface area contributed by atoms with E-state index in [-0.39, 0.29) is 0 Å². The Morgan fingerprint density at radius 2 is 2.25 bits per heavy atom. The summed E-state index contributed by atoms with van der Waals surface area (Å²) < 4.78 is 0. The Morgan fingerprint density at radius 1 is 1.50 bits per heavy atom. The van der Waals surface area contributed by atoms with Crippen molar-refractivity contribution in [2.45, 2.75) is 52.9 Å². The first-order valence-electron chi connectivity index (χ1n) is 5.65. The SMILES string of the molecule is CCC(C)C1CCC2(C)CC2C1. The van der Waals surface area contributed by atoms with E-state index in [4.69, 9.17) is 0 Å². The molecule has 12 heavy (non-hydrogen) atoms. The number of rotatable bonds is 2. The van der Waals surface area contributed by atoms with E-state index in [1.807, 2.05) is 0 Å². The zero-order valence-electron chi connectivity index (χ0n) is 8.77. The minimum absolute atomic E-state index is 0.809. The zero-order chi connectivity index (χ0) is 8.77. The second kappa shape index (κ2) is 2.75. The molecule has 0 heteroatoms. The minimum atomic E-state index is 0.809. The van der Waals surface area contributed by atoms with Crippen LogP contribution >= 0.6 is 0 Å². The topological polar surface area (TPSA) is 0 Å². The van der Waals surface area contributed by atoms with E-state index in [0.29, 0.717) is 0 Å². The monoisotopic (exact) mass is 166 g/mol. The Bertz CT molecular complexity index is 173. The van der Waals surface area contributed by atoms with Gasteiger partial charge < -0.3 is 0 Å². The van der Waals surface area contributed by atoms with Crippen LogP contribution in [0, 0.1) is 23.2 Å². The highest BCUT2D eigenvalue weighted by Gasteiger charge is 2.52. The lowest BCUT2D eigenvalue weighted by atomic mass is 9.76. The molecular weight excluding hydrogens is 144 g/mol. The Labute approximate surface area is 76.7 Å². The van der Waals surface area contributed by atoms with Crippen molar-refractivity contribution in [3.05, 3.63) is 0 Å². The van der Waals surface area contributed by atoms with E-state index in [0.717, 1.165) is 23.2 Å². The van der Waals surface area contributed by atoms with Crippen LogP contribution in [0.4, 0.5) is 0 Å². The van der Waals surface area contributed by atoms with Crippen molar-refractivity contribution in [2.75, 3.05) is 0 Å². The summed E-state index contributed by atoms with van der Waals surface area (Å²) in [7, 11) is 0. The predicted octanol–water partition coefficient (Wildman–Crippen LogP) is 3.86. The van der Waals surface area contributed by atoms with Crippen molar-refractivity contribution in [1.82, 2.24) is 0 Å². The standard InChI is InChI=1S/C12H22/c1-4-9(2)10-5-6-12(3)8-11(12)7-10/h9-11H,4-8H2,1-3H3. The lowest BCUT2D eigenvalue weighted by Gasteiger charge is -2.29. The smallest absolute Gasteiger partial charge is 0.0294 e. The molecule has 0 aromatic heterocycles. The summed E-state index contributed by atoms with van der Waals surface area (Å²) in [6.45, 7) is 7.27. The molecule has 0 aliphatic heterocycles. The summed E-state index contributed by atoms with van der Waals surface area (Å²) in [5.74, 6) is 3.16. The van der Waals surface area contributed by atoms with Gasteiger partial charge in [0.05, 0.1) is 0 Å². The van der Waals surface area contributed by atoms with E-state index in [1.54, 1.807) is 12.8 Å². The fourth-order valence-electron chi connectivity index (χ4n) is 3.03. The number of fused-ring (bicyclic) bond motifs is 1. The highest BCUT2D eigenvalue weighted by Crippen LogP contribution is 2.63. The van der Waals surface area contributed by atoms with E-state index in [1.165, 1.54) is 19.3 Å². The normalized spacial score (nSPS) is 48.2. The molecule has 2 saturated carbocycles. The molecule has 4 unspecified atom stereocenters. The van der Waals surface area contributed by atoms with Crippen LogP contribution in [0.3, 0.4) is 0 Å². The summed E-state index contributed by atoms with van der Waals surface area (Å²) in [6.07, 6.45) is 7.51. The first kappa shape index (κ1) is 8.59. The van der Waals surface area contributed by atoms with Gasteiger partial charge in [-0.15, -0.1) is 0 Å². The fraction of sp³-hybridized carbons (Fsp3) is 1.00. The van der Waals surface area contributed by atoms with Crippen molar-refractivity contribution in [3.63, 3.8) is 0 Å². The Morgan fingerprint density at radius 3 is 2.83 bits per heavy atom. The van der Waals surface area contributed by atoms with Crippen LogP contribution in [0.15, 0.2) is 0 Å². The van der Waals surface area contributed by atoms with Crippen LogP contribution in [-0.2, 0) is 0 Å². The summed E-state index contributed by atoms with van der Waals surface area (Å²) in [4.78, 5) is 0. The fourth-order valence-corrected chi connectivity index (χ4v) is 3.03. The van der Waals surface area contributed by atoms with Crippen LogP contribution in [-0.4, -0.2) is 0 Å². The number of hydrogen-bond donors (Lipinski definition) is 0. The van der Waals surface area contributed by atoms with Crippen molar-refractivity contribution in [1.29, 1.82) is 0 Å². The molecule has 0 nitrogen and oxygen atoms in total. The third-order valence-electron chi connectivity index (χ3n) is 4.66. The first-order chi connectivity index (χ1) is 5.65. The molecule has 4 atom stereocenters. The molecule has 0 aromatic rings. The summed E-state index contributed by atoms with van der Waals surface area (Å²) in [5.41, 5.74) is 0.809. The maximum Gasteiger partial charge on any atom is -0.0294 e. The Kier molecular flexibility index (Phi) is 1.97. The van der Waals surface area contributed by atoms with Crippen LogP contribution in [0.1, 0.15) is 52.9 Å². The molecule has 2 rings (SSSR count). The Hall–Kier alpha value is 0. The highest BCUT2D eigenvalue weighted by atomic mass is 14.6. The summed E-state index contributed by atoms with van der Waals surface area (Å²) >= 11 is 0. The molecule has 2 aliphatic rings. The molecule has 0 spiro atoms. The van der Waals surface area contributed by atoms with Crippen molar-refractivity contribution < 1.29 is 0 Å². The quantitative estimate of drug-likeness (QED) is 0.584. The highest BCUT2D eigenvalue weighted by molar-refractivity contribution is 5.03. The molecule has 0 amide bonds. The van der Waals surface area contributed by atoms with Gasteiger partial charge in [0.2, 0.25) is 0 Å². The largest absolute Gasteiger partial charge is 0.0651 e. The van der Waals surface area contributed by atoms with Gasteiger partial charge in [-0.3, -0.25) is 0 Å². The predicted molar refractivity (Wildman–Crippen MR) is 53.0 cm³/mol. The zero-order valence-corrected chi connectivity index (χ0v) is 8.77. The number of hydrogen-bond acceptors (Lipinski definition) is 0. The van der Waals surface area contributed by atoms with Gasteiger partial charge in [0.15, 0.2) is 0 Å². The van der Waals surface area contributed by atoms with Gasteiger partial charge in [0, 0.05) is 0 Å². The first-order valence-corrected chi connectivity index (χ1v) is 5.65. The van der Waals surface area contributed by atoms with Crippen LogP contribution in [0.2, 0.25) is 0 Å². The van der Waals surface area contributed by atoms with E-state index in [2.05, 4.69) is 20.8 Å². The maximum absolute atomic E-state index is 2.49. The summed E-state index contributed by atoms with van der Waals surface area (Å²) in [6, 6.07) is 0. The molecule has 0 aromatic carbocycles. The second-order valence-electron chi connectivity index (χ2n) is 5.48. The van der Waals surface area contributed by atoms with Crippen LogP contribution < -0.4 is 0 Å². The second-order valence-corrected chi connectivity index (χ2v) is 5.48. The van der Waals surface area contributed by atoms with E-state index in [9.17, 15) is 0 Å². The molecule has 0 radical (unpaired) electrons. The van der Waals surface area contributed by atoms with Crippen LogP contribution in [0.5, 0.6) is 0 Å². The lowest BCUT2D eigenvalue weighted by molar-refractivity contribution is 0.212. The molecule has 0 heterocycles. The van der Waals surface area contributed by atoms with Crippen LogP contribution in [0.25, 0.3) is 0 Å². The maximum atomic E-state index is 2.49. The summed E-state index contributed by atoms with van der Waals surface area (Å²) in [5, 5.41) is 0. The average Bonchev–Trinajstić information content (AvgIpc) is 2.73. The van der Waals surface area contributed by atoms with Gasteiger partial charge in [-0.2, -0.15) is 0 Å². The Balaban J connectivity index is 1.89. The lowest BCUT2D eigenvalue weighted by Crippen LogP contribution is -2.19. The molecule has 0 bridgehead atoms. The van der Waals surface area contributed by atoms with Gasteiger partial charge >= 0.3 is 0 Å². The molecule has 2 fully saturated rings. The van der Waals surface area contributed by atoms with Gasteiger partial charge in [-0.1, -0.05) is 27.2 Å².